The predicted octanol–water partition coefficient (Wildman–Crippen LogP) is 2.44. The van der Waals surface area contributed by atoms with Gasteiger partial charge in [-0.2, -0.15) is 0 Å². The average Bonchev–Trinajstić information content (AvgIpc) is 2.85. The van der Waals surface area contributed by atoms with E-state index in [-0.39, 0.29) is 17.9 Å². The van der Waals surface area contributed by atoms with Crippen LogP contribution in [0.25, 0.3) is 0 Å². The molecule has 4 atom stereocenters. The Kier molecular flexibility index (Phi) is 4.66. The molecule has 2 rings (SSSR count). The molecule has 104 valence electrons. The van der Waals surface area contributed by atoms with Gasteiger partial charge < -0.3 is 11.1 Å². The molecule has 2 aliphatic rings. The Morgan fingerprint density at radius 2 is 1.89 bits per heavy atom. The fraction of sp³-hybridized carbons (Fsp3) is 0.933. The highest BCUT2D eigenvalue weighted by Crippen LogP contribution is 2.31. The van der Waals surface area contributed by atoms with Crippen LogP contribution in [0.15, 0.2) is 0 Å². The lowest BCUT2D eigenvalue weighted by molar-refractivity contribution is -0.128. The summed E-state index contributed by atoms with van der Waals surface area (Å²) in [5.41, 5.74) is 6.00. The molecular weight excluding hydrogens is 224 g/mol. The zero-order chi connectivity index (χ0) is 13.1. The first-order chi connectivity index (χ1) is 8.58. The minimum Gasteiger partial charge on any atom is -0.353 e. The first-order valence-corrected chi connectivity index (χ1v) is 7.64. The predicted molar refractivity (Wildman–Crippen MR) is 74.0 cm³/mol. The third-order valence-electron chi connectivity index (χ3n) is 5.05. The molecule has 3 nitrogen and oxygen atoms in total. The molecule has 2 saturated carbocycles. The van der Waals surface area contributed by atoms with Gasteiger partial charge in [0.1, 0.15) is 0 Å². The van der Waals surface area contributed by atoms with Crippen LogP contribution in [-0.2, 0) is 4.79 Å². The Bertz CT molecular complexity index is 286. The number of hydrogen-bond acceptors (Lipinski definition) is 2. The van der Waals surface area contributed by atoms with Gasteiger partial charge in [-0.1, -0.05) is 19.8 Å². The first kappa shape index (κ1) is 13.9. The van der Waals surface area contributed by atoms with Crippen LogP contribution in [0.5, 0.6) is 0 Å². The molecule has 3 heteroatoms. The Labute approximate surface area is 111 Å². The van der Waals surface area contributed by atoms with E-state index >= 15 is 0 Å². The number of carbonyl (C=O) groups excluding carboxylic acids is 1. The maximum Gasteiger partial charge on any atom is 0.223 e. The molecule has 0 aromatic heterocycles. The molecule has 18 heavy (non-hydrogen) atoms. The number of hydrogen-bond donors (Lipinski definition) is 2. The van der Waals surface area contributed by atoms with Crippen LogP contribution in [0, 0.1) is 17.8 Å². The second kappa shape index (κ2) is 6.05. The molecule has 0 heterocycles. The fourth-order valence-electron chi connectivity index (χ4n) is 3.63. The molecule has 2 aliphatic carbocycles. The van der Waals surface area contributed by atoms with Crippen LogP contribution in [0.1, 0.15) is 58.8 Å². The fourth-order valence-corrected chi connectivity index (χ4v) is 3.63. The van der Waals surface area contributed by atoms with E-state index in [1.54, 1.807) is 0 Å². The highest BCUT2D eigenvalue weighted by molar-refractivity contribution is 5.79. The summed E-state index contributed by atoms with van der Waals surface area (Å²) in [6.45, 7) is 4.36. The standard InChI is InChI=1S/C15H28N2O/c1-10-7-8-13(16)9-14(10)15(18)17-11(2)12-5-3-4-6-12/h10-14H,3-9,16H2,1-2H3,(H,17,18). The van der Waals surface area contributed by atoms with E-state index in [4.69, 9.17) is 5.73 Å². The zero-order valence-corrected chi connectivity index (χ0v) is 11.8. The van der Waals surface area contributed by atoms with Crippen molar-refractivity contribution in [2.75, 3.05) is 0 Å². The van der Waals surface area contributed by atoms with Gasteiger partial charge in [0.2, 0.25) is 5.91 Å². The van der Waals surface area contributed by atoms with Gasteiger partial charge in [0.25, 0.3) is 0 Å². The van der Waals surface area contributed by atoms with E-state index < -0.39 is 0 Å². The van der Waals surface area contributed by atoms with Crippen molar-refractivity contribution in [2.45, 2.75) is 70.9 Å². The van der Waals surface area contributed by atoms with Gasteiger partial charge in [-0.05, 0) is 50.9 Å². The number of rotatable bonds is 3. The summed E-state index contributed by atoms with van der Waals surface area (Å²) in [6, 6.07) is 0.559. The van der Waals surface area contributed by atoms with Crippen molar-refractivity contribution < 1.29 is 4.79 Å². The van der Waals surface area contributed by atoms with E-state index in [1.165, 1.54) is 25.7 Å². The number of amides is 1. The van der Waals surface area contributed by atoms with Crippen molar-refractivity contribution in [1.82, 2.24) is 5.32 Å². The van der Waals surface area contributed by atoms with E-state index in [1.807, 2.05) is 0 Å². The molecule has 4 unspecified atom stereocenters. The molecule has 0 aromatic carbocycles. The molecule has 0 radical (unpaired) electrons. The summed E-state index contributed by atoms with van der Waals surface area (Å²) < 4.78 is 0. The summed E-state index contributed by atoms with van der Waals surface area (Å²) in [5.74, 6) is 1.57. The van der Waals surface area contributed by atoms with Crippen LogP contribution >= 0.6 is 0 Å². The van der Waals surface area contributed by atoms with Gasteiger partial charge in [0.15, 0.2) is 0 Å². The monoisotopic (exact) mass is 252 g/mol. The zero-order valence-electron chi connectivity index (χ0n) is 11.8. The average molecular weight is 252 g/mol. The van der Waals surface area contributed by atoms with Gasteiger partial charge in [0.05, 0.1) is 0 Å². The minimum absolute atomic E-state index is 0.137. The normalized spacial score (nSPS) is 35.4. The third kappa shape index (κ3) is 3.25. The smallest absolute Gasteiger partial charge is 0.223 e. The number of nitrogens with two attached hydrogens (primary N) is 1. The quantitative estimate of drug-likeness (QED) is 0.810. The summed E-state index contributed by atoms with van der Waals surface area (Å²) >= 11 is 0. The largest absolute Gasteiger partial charge is 0.353 e. The maximum absolute atomic E-state index is 12.4. The Morgan fingerprint density at radius 3 is 2.56 bits per heavy atom. The molecule has 0 bridgehead atoms. The molecule has 1 amide bonds. The molecule has 0 aliphatic heterocycles. The third-order valence-corrected chi connectivity index (χ3v) is 5.05. The molecule has 0 aromatic rings. The van der Waals surface area contributed by atoms with Crippen molar-refractivity contribution in [3.8, 4) is 0 Å². The highest BCUT2D eigenvalue weighted by Gasteiger charge is 2.33. The lowest BCUT2D eigenvalue weighted by Gasteiger charge is -2.33. The second-order valence-electron chi connectivity index (χ2n) is 6.50. The molecule has 2 fully saturated rings. The van der Waals surface area contributed by atoms with Gasteiger partial charge in [-0.25, -0.2) is 0 Å². The minimum atomic E-state index is 0.137. The van der Waals surface area contributed by atoms with E-state index in [0.29, 0.717) is 17.9 Å². The van der Waals surface area contributed by atoms with Crippen molar-refractivity contribution in [2.24, 2.45) is 23.5 Å². The van der Waals surface area contributed by atoms with Crippen molar-refractivity contribution in [3.05, 3.63) is 0 Å². The summed E-state index contributed by atoms with van der Waals surface area (Å²) in [7, 11) is 0. The van der Waals surface area contributed by atoms with Crippen LogP contribution in [0.2, 0.25) is 0 Å². The summed E-state index contributed by atoms with van der Waals surface area (Å²) in [4.78, 5) is 12.4. The van der Waals surface area contributed by atoms with Crippen LogP contribution in [-0.4, -0.2) is 18.0 Å². The van der Waals surface area contributed by atoms with Gasteiger partial charge in [-0.15, -0.1) is 0 Å². The topological polar surface area (TPSA) is 55.1 Å². The molecule has 3 N–H and O–H groups in total. The molecule has 0 spiro atoms. The SMILES string of the molecule is CC1CCC(N)CC1C(=O)NC(C)C1CCCC1. The van der Waals surface area contributed by atoms with Gasteiger partial charge in [-0.3, -0.25) is 4.79 Å². The Morgan fingerprint density at radius 1 is 1.22 bits per heavy atom. The van der Waals surface area contributed by atoms with Gasteiger partial charge in [0, 0.05) is 18.0 Å². The molecular formula is C15H28N2O. The second-order valence-corrected chi connectivity index (χ2v) is 6.50. The van der Waals surface area contributed by atoms with E-state index in [0.717, 1.165) is 19.3 Å². The highest BCUT2D eigenvalue weighted by atomic mass is 16.2. The van der Waals surface area contributed by atoms with Crippen LogP contribution in [0.4, 0.5) is 0 Å². The number of nitrogens with one attached hydrogen (secondary N) is 1. The van der Waals surface area contributed by atoms with Crippen LogP contribution < -0.4 is 11.1 Å². The summed E-state index contributed by atoms with van der Waals surface area (Å²) in [5, 5.41) is 3.25. The first-order valence-electron chi connectivity index (χ1n) is 7.64. The lowest BCUT2D eigenvalue weighted by Crippen LogP contribution is -2.46. The number of carbonyl (C=O) groups is 1. The van der Waals surface area contributed by atoms with Crippen LogP contribution in [0.3, 0.4) is 0 Å². The van der Waals surface area contributed by atoms with E-state index in [2.05, 4.69) is 19.2 Å². The molecule has 0 saturated heterocycles. The van der Waals surface area contributed by atoms with Gasteiger partial charge >= 0.3 is 0 Å². The lowest BCUT2D eigenvalue weighted by atomic mass is 9.77. The van der Waals surface area contributed by atoms with Crippen molar-refractivity contribution >= 4 is 5.91 Å². The maximum atomic E-state index is 12.4. The Balaban J connectivity index is 1.85. The van der Waals surface area contributed by atoms with Crippen molar-refractivity contribution in [3.63, 3.8) is 0 Å². The summed E-state index contributed by atoms with van der Waals surface area (Å²) in [6.07, 6.45) is 8.25. The van der Waals surface area contributed by atoms with Crippen molar-refractivity contribution in [1.29, 1.82) is 0 Å². The Hall–Kier alpha value is -0.570. The van der Waals surface area contributed by atoms with E-state index in [9.17, 15) is 4.79 Å².